The molecular formula is C16H18ClN3. The summed E-state index contributed by atoms with van der Waals surface area (Å²) in [7, 11) is 0. The van der Waals surface area contributed by atoms with Gasteiger partial charge in [-0.2, -0.15) is 0 Å². The zero-order chi connectivity index (χ0) is 13.7. The molecule has 2 saturated carbocycles. The third-order valence-electron chi connectivity index (χ3n) is 4.83. The molecule has 1 N–H and O–H groups in total. The van der Waals surface area contributed by atoms with Gasteiger partial charge in [0.2, 0.25) is 0 Å². The number of hydrogen-bond acceptors (Lipinski definition) is 3. The SMILES string of the molecule is Cc1nc(NC2CC3CCC2C3)c2cc(Cl)ccc2n1. The van der Waals surface area contributed by atoms with Crippen molar-refractivity contribution in [3.63, 3.8) is 0 Å². The Morgan fingerprint density at radius 2 is 2.10 bits per heavy atom. The number of benzene rings is 1. The average molecular weight is 288 g/mol. The van der Waals surface area contributed by atoms with Crippen molar-refractivity contribution >= 4 is 28.3 Å². The van der Waals surface area contributed by atoms with Gasteiger partial charge in [0.1, 0.15) is 11.6 Å². The molecule has 4 rings (SSSR count). The molecule has 1 aromatic carbocycles. The van der Waals surface area contributed by atoms with E-state index in [-0.39, 0.29) is 0 Å². The summed E-state index contributed by atoms with van der Waals surface area (Å²) in [6.07, 6.45) is 5.46. The van der Waals surface area contributed by atoms with Crippen LogP contribution in [0.1, 0.15) is 31.5 Å². The van der Waals surface area contributed by atoms with Crippen LogP contribution in [-0.4, -0.2) is 16.0 Å². The average Bonchev–Trinajstić information content (AvgIpc) is 3.02. The van der Waals surface area contributed by atoms with Crippen molar-refractivity contribution in [1.82, 2.24) is 9.97 Å². The lowest BCUT2D eigenvalue weighted by atomic mass is 9.95. The van der Waals surface area contributed by atoms with E-state index >= 15 is 0 Å². The van der Waals surface area contributed by atoms with Crippen LogP contribution >= 0.6 is 11.6 Å². The van der Waals surface area contributed by atoms with Crippen molar-refractivity contribution in [2.45, 2.75) is 38.6 Å². The number of halogens is 1. The zero-order valence-corrected chi connectivity index (χ0v) is 12.3. The molecule has 1 aromatic heterocycles. The van der Waals surface area contributed by atoms with E-state index in [2.05, 4.69) is 15.3 Å². The van der Waals surface area contributed by atoms with Gasteiger partial charge >= 0.3 is 0 Å². The minimum absolute atomic E-state index is 0.574. The van der Waals surface area contributed by atoms with E-state index in [0.29, 0.717) is 6.04 Å². The minimum atomic E-state index is 0.574. The summed E-state index contributed by atoms with van der Waals surface area (Å²) in [5.74, 6) is 3.51. The van der Waals surface area contributed by atoms with E-state index in [9.17, 15) is 0 Å². The molecule has 0 aliphatic heterocycles. The maximum absolute atomic E-state index is 6.13. The Kier molecular flexibility index (Phi) is 2.84. The monoisotopic (exact) mass is 287 g/mol. The second-order valence-corrected chi connectivity index (χ2v) is 6.64. The fourth-order valence-corrected chi connectivity index (χ4v) is 4.10. The third kappa shape index (κ3) is 2.05. The lowest BCUT2D eigenvalue weighted by molar-refractivity contribution is 0.439. The number of anilines is 1. The summed E-state index contributed by atoms with van der Waals surface area (Å²) >= 11 is 6.13. The van der Waals surface area contributed by atoms with E-state index in [4.69, 9.17) is 11.6 Å². The fraction of sp³-hybridized carbons (Fsp3) is 0.500. The van der Waals surface area contributed by atoms with Gasteiger partial charge in [0, 0.05) is 16.5 Å². The van der Waals surface area contributed by atoms with Crippen LogP contribution in [0.3, 0.4) is 0 Å². The predicted molar refractivity (Wildman–Crippen MR) is 82.1 cm³/mol. The predicted octanol–water partition coefficient (Wildman–Crippen LogP) is 4.19. The standard InChI is InChI=1S/C16H18ClN3/c1-9-18-14-5-4-12(17)8-13(14)16(19-9)20-15-7-10-2-3-11(15)6-10/h4-5,8,10-11,15H,2-3,6-7H2,1H3,(H,18,19,20). The van der Waals surface area contributed by atoms with Gasteiger partial charge < -0.3 is 5.32 Å². The molecule has 0 spiro atoms. The number of nitrogens with zero attached hydrogens (tertiary/aromatic N) is 2. The Bertz CT molecular complexity index is 670. The molecule has 2 fully saturated rings. The molecule has 2 bridgehead atoms. The fourth-order valence-electron chi connectivity index (χ4n) is 3.92. The maximum atomic E-state index is 6.13. The summed E-state index contributed by atoms with van der Waals surface area (Å²) in [6.45, 7) is 1.94. The first kappa shape index (κ1) is 12.4. The van der Waals surface area contributed by atoms with Gasteiger partial charge in [0.05, 0.1) is 5.52 Å². The van der Waals surface area contributed by atoms with Gasteiger partial charge in [-0.05, 0) is 56.2 Å². The molecule has 0 amide bonds. The number of aryl methyl sites for hydroxylation is 1. The molecule has 3 atom stereocenters. The largest absolute Gasteiger partial charge is 0.366 e. The van der Waals surface area contributed by atoms with Gasteiger partial charge in [-0.15, -0.1) is 0 Å². The number of nitrogens with one attached hydrogen (secondary N) is 1. The number of rotatable bonds is 2. The lowest BCUT2D eigenvalue weighted by Crippen LogP contribution is -2.26. The molecule has 104 valence electrons. The van der Waals surface area contributed by atoms with E-state index < -0.39 is 0 Å². The van der Waals surface area contributed by atoms with Crippen LogP contribution in [0.4, 0.5) is 5.82 Å². The molecule has 0 saturated heterocycles. The molecule has 0 radical (unpaired) electrons. The first-order valence-electron chi connectivity index (χ1n) is 7.39. The quantitative estimate of drug-likeness (QED) is 0.900. The van der Waals surface area contributed by atoms with E-state index in [1.54, 1.807) is 0 Å². The summed E-state index contributed by atoms with van der Waals surface area (Å²) in [6, 6.07) is 6.40. The van der Waals surface area contributed by atoms with Crippen molar-refractivity contribution < 1.29 is 0 Å². The summed E-state index contributed by atoms with van der Waals surface area (Å²) in [4.78, 5) is 9.10. The molecule has 1 heterocycles. The Morgan fingerprint density at radius 1 is 1.20 bits per heavy atom. The molecular weight excluding hydrogens is 270 g/mol. The van der Waals surface area contributed by atoms with Gasteiger partial charge in [-0.3, -0.25) is 0 Å². The number of fused-ring (bicyclic) bond motifs is 3. The van der Waals surface area contributed by atoms with Gasteiger partial charge in [-0.1, -0.05) is 18.0 Å². The summed E-state index contributed by atoms with van der Waals surface area (Å²) in [5, 5.41) is 5.44. The van der Waals surface area contributed by atoms with E-state index in [1.165, 1.54) is 25.7 Å². The Balaban J connectivity index is 1.73. The number of hydrogen-bond donors (Lipinski definition) is 1. The topological polar surface area (TPSA) is 37.8 Å². The minimum Gasteiger partial charge on any atom is -0.366 e. The Morgan fingerprint density at radius 3 is 2.85 bits per heavy atom. The van der Waals surface area contributed by atoms with Crippen LogP contribution in [0, 0.1) is 18.8 Å². The van der Waals surface area contributed by atoms with Crippen LogP contribution in [0.15, 0.2) is 18.2 Å². The van der Waals surface area contributed by atoms with Crippen molar-refractivity contribution in [1.29, 1.82) is 0 Å². The first-order chi connectivity index (χ1) is 9.69. The van der Waals surface area contributed by atoms with Crippen LogP contribution < -0.4 is 5.32 Å². The van der Waals surface area contributed by atoms with Crippen LogP contribution in [0.2, 0.25) is 5.02 Å². The molecule has 3 unspecified atom stereocenters. The summed E-state index contributed by atoms with van der Waals surface area (Å²) in [5.41, 5.74) is 0.965. The number of aromatic nitrogens is 2. The molecule has 4 heteroatoms. The highest BCUT2D eigenvalue weighted by atomic mass is 35.5. The third-order valence-corrected chi connectivity index (χ3v) is 5.06. The van der Waals surface area contributed by atoms with Crippen molar-refractivity contribution in [2.75, 3.05) is 5.32 Å². The van der Waals surface area contributed by atoms with Gasteiger partial charge in [0.25, 0.3) is 0 Å². The van der Waals surface area contributed by atoms with Gasteiger partial charge in [-0.25, -0.2) is 9.97 Å². The van der Waals surface area contributed by atoms with Crippen molar-refractivity contribution in [3.05, 3.63) is 29.0 Å². The summed E-state index contributed by atoms with van der Waals surface area (Å²) < 4.78 is 0. The zero-order valence-electron chi connectivity index (χ0n) is 11.6. The molecule has 2 aliphatic rings. The highest BCUT2D eigenvalue weighted by molar-refractivity contribution is 6.31. The highest BCUT2D eigenvalue weighted by Gasteiger charge is 2.39. The Labute approximate surface area is 123 Å². The second kappa shape index (κ2) is 4.59. The smallest absolute Gasteiger partial charge is 0.137 e. The van der Waals surface area contributed by atoms with Crippen molar-refractivity contribution in [3.8, 4) is 0 Å². The lowest BCUT2D eigenvalue weighted by Gasteiger charge is -2.24. The van der Waals surface area contributed by atoms with Crippen LogP contribution in [0.5, 0.6) is 0 Å². The second-order valence-electron chi connectivity index (χ2n) is 6.21. The molecule has 2 aliphatic carbocycles. The molecule has 20 heavy (non-hydrogen) atoms. The van der Waals surface area contributed by atoms with E-state index in [0.717, 1.165) is 39.4 Å². The Hall–Kier alpha value is -1.35. The van der Waals surface area contributed by atoms with Crippen LogP contribution in [-0.2, 0) is 0 Å². The maximum Gasteiger partial charge on any atom is 0.137 e. The highest BCUT2D eigenvalue weighted by Crippen LogP contribution is 2.45. The molecule has 3 nitrogen and oxygen atoms in total. The first-order valence-corrected chi connectivity index (χ1v) is 7.77. The van der Waals surface area contributed by atoms with Crippen molar-refractivity contribution in [2.24, 2.45) is 11.8 Å². The normalized spacial score (nSPS) is 28.2. The van der Waals surface area contributed by atoms with Crippen LogP contribution in [0.25, 0.3) is 10.9 Å². The molecule has 2 aromatic rings. The van der Waals surface area contributed by atoms with E-state index in [1.807, 2.05) is 25.1 Å². The van der Waals surface area contributed by atoms with Gasteiger partial charge in [0.15, 0.2) is 0 Å².